The molecule has 0 spiro atoms. The Hall–Kier alpha value is -0.960. The van der Waals surface area contributed by atoms with E-state index in [-0.39, 0.29) is 6.42 Å². The number of amides is 1. The van der Waals surface area contributed by atoms with E-state index in [1.165, 1.54) is 115 Å². The Morgan fingerprint density at radius 1 is 0.625 bits per heavy atom. The van der Waals surface area contributed by atoms with Crippen molar-refractivity contribution in [2.45, 2.75) is 242 Å². The minimum atomic E-state index is -5.13. The first kappa shape index (κ1) is 53.1. The van der Waals surface area contributed by atoms with Crippen LogP contribution in [0.5, 0.6) is 0 Å². The molecule has 1 saturated carbocycles. The number of phosphoric ester groups is 1. The highest BCUT2D eigenvalue weighted by molar-refractivity contribution is 7.47. The van der Waals surface area contributed by atoms with Gasteiger partial charge >= 0.3 is 7.82 Å². The maximum atomic E-state index is 12.9. The lowest BCUT2D eigenvalue weighted by atomic mass is 9.85. The maximum Gasteiger partial charge on any atom is 0.472 e. The Bertz CT molecular complexity index is 1020. The number of unbranched alkanes of at least 4 members (excludes halogenated alkanes) is 23. The summed E-state index contributed by atoms with van der Waals surface area (Å²) in [6.07, 6.45) is 18.8. The predicted octanol–water partition coefficient (Wildman–Crippen LogP) is 6.64. The Morgan fingerprint density at radius 2 is 1.02 bits per heavy atom. The molecule has 8 unspecified atom stereocenters. The van der Waals surface area contributed by atoms with Gasteiger partial charge < -0.3 is 46.0 Å². The van der Waals surface area contributed by atoms with E-state index in [1.807, 2.05) is 0 Å². The highest BCUT2D eigenvalue weighted by Crippen LogP contribution is 2.47. The molecule has 1 aliphatic rings. The second-order valence-electron chi connectivity index (χ2n) is 16.1. The molecule has 1 rings (SSSR count). The van der Waals surface area contributed by atoms with E-state index < -0.39 is 75.2 Å². The van der Waals surface area contributed by atoms with Crippen molar-refractivity contribution < 1.29 is 59.0 Å². The summed E-state index contributed by atoms with van der Waals surface area (Å²) in [4.78, 5) is 23.4. The maximum absolute atomic E-state index is 12.9. The SMILES string of the molecule is CCCCCCCCCCC/C=C/C(O)C(COP(=O)(O)OC1C(O)C(O)C(O)C(O)C1O)NC(=O)CC(O)CCCCCCCCCCCCCCCCC. The lowest BCUT2D eigenvalue weighted by Crippen LogP contribution is -2.64. The number of hydrogen-bond donors (Lipinski definition) is 9. The third-order valence-corrected chi connectivity index (χ3v) is 11.9. The zero-order valence-electron chi connectivity index (χ0n) is 34.8. The molecule has 56 heavy (non-hydrogen) atoms. The Labute approximate surface area is 338 Å². The van der Waals surface area contributed by atoms with E-state index in [1.54, 1.807) is 6.08 Å². The third kappa shape index (κ3) is 24.8. The van der Waals surface area contributed by atoms with E-state index in [0.717, 1.165) is 44.9 Å². The van der Waals surface area contributed by atoms with Crippen LogP contribution in [0.4, 0.5) is 0 Å². The van der Waals surface area contributed by atoms with Gasteiger partial charge in [-0.05, 0) is 19.3 Å². The third-order valence-electron chi connectivity index (χ3n) is 10.9. The largest absolute Gasteiger partial charge is 0.472 e. The molecule has 0 saturated heterocycles. The standard InChI is InChI=1S/C42H82NO12P/c1-3-5-7-9-11-13-15-16-17-18-20-21-23-25-27-29-33(44)31-36(46)43-34(35(45)30-28-26-24-22-19-14-12-10-8-6-4-2)32-54-56(52,53)55-42-40(50)38(48)37(47)39(49)41(42)51/h28,30,33-35,37-42,44-45,47-51H,3-27,29,31-32H2,1-2H3,(H,43,46)(H,52,53)/b30-28+. The number of carbonyl (C=O) groups is 1. The second-order valence-corrected chi connectivity index (χ2v) is 17.5. The van der Waals surface area contributed by atoms with E-state index in [2.05, 4.69) is 19.2 Å². The molecule has 332 valence electrons. The minimum absolute atomic E-state index is 0.240. The number of allylic oxidation sites excluding steroid dienone is 1. The van der Waals surface area contributed by atoms with Crippen LogP contribution in [0.1, 0.15) is 187 Å². The first-order chi connectivity index (χ1) is 26.8. The van der Waals surface area contributed by atoms with Gasteiger partial charge in [0.2, 0.25) is 5.91 Å². The topological polar surface area (TPSA) is 226 Å². The number of aliphatic hydroxyl groups excluding tert-OH is 7. The van der Waals surface area contributed by atoms with Gasteiger partial charge in [0, 0.05) is 0 Å². The molecule has 0 aliphatic heterocycles. The van der Waals surface area contributed by atoms with Crippen LogP contribution in [-0.4, -0.2) is 108 Å². The van der Waals surface area contributed by atoms with Crippen LogP contribution in [0, 0.1) is 0 Å². The zero-order valence-corrected chi connectivity index (χ0v) is 35.7. The van der Waals surface area contributed by atoms with E-state index >= 15 is 0 Å². The van der Waals surface area contributed by atoms with Crippen LogP contribution in [0.3, 0.4) is 0 Å². The van der Waals surface area contributed by atoms with Crippen LogP contribution >= 0.6 is 7.82 Å². The molecule has 1 amide bonds. The lowest BCUT2D eigenvalue weighted by molar-refractivity contribution is -0.220. The Kier molecular flexibility index (Phi) is 31.1. The predicted molar refractivity (Wildman–Crippen MR) is 220 cm³/mol. The van der Waals surface area contributed by atoms with Crippen LogP contribution in [0.15, 0.2) is 12.2 Å². The monoisotopic (exact) mass is 824 g/mol. The molecule has 13 nitrogen and oxygen atoms in total. The molecule has 0 bridgehead atoms. The van der Waals surface area contributed by atoms with Crippen LogP contribution in [0.2, 0.25) is 0 Å². The van der Waals surface area contributed by atoms with E-state index in [0.29, 0.717) is 12.8 Å². The molecule has 1 aliphatic carbocycles. The van der Waals surface area contributed by atoms with Gasteiger partial charge in [-0.25, -0.2) is 4.57 Å². The van der Waals surface area contributed by atoms with Crippen LogP contribution < -0.4 is 5.32 Å². The van der Waals surface area contributed by atoms with E-state index in [9.17, 15) is 50.0 Å². The number of aliphatic hydroxyl groups is 7. The highest BCUT2D eigenvalue weighted by atomic mass is 31.2. The Morgan fingerprint density at radius 3 is 1.46 bits per heavy atom. The quantitative estimate of drug-likeness (QED) is 0.0184. The molecule has 9 N–H and O–H groups in total. The molecule has 0 aromatic heterocycles. The summed E-state index contributed by atoms with van der Waals surface area (Å²) in [6, 6.07) is -1.23. The van der Waals surface area contributed by atoms with Gasteiger partial charge in [-0.1, -0.05) is 174 Å². The fourth-order valence-corrected chi connectivity index (χ4v) is 8.15. The molecule has 14 heteroatoms. The highest BCUT2D eigenvalue weighted by Gasteiger charge is 2.51. The fourth-order valence-electron chi connectivity index (χ4n) is 7.18. The first-order valence-corrected chi connectivity index (χ1v) is 23.7. The molecule has 0 aromatic carbocycles. The average molecular weight is 824 g/mol. The summed E-state index contributed by atoms with van der Waals surface area (Å²) >= 11 is 0. The molecular weight excluding hydrogens is 741 g/mol. The van der Waals surface area contributed by atoms with Crippen molar-refractivity contribution in [1.82, 2.24) is 5.32 Å². The van der Waals surface area contributed by atoms with Gasteiger partial charge in [0.25, 0.3) is 0 Å². The zero-order chi connectivity index (χ0) is 41.6. The van der Waals surface area contributed by atoms with Crippen LogP contribution in [-0.2, 0) is 18.4 Å². The van der Waals surface area contributed by atoms with Gasteiger partial charge in [0.1, 0.15) is 36.6 Å². The normalized spacial score (nSPS) is 24.2. The van der Waals surface area contributed by atoms with Gasteiger partial charge in [0.15, 0.2) is 0 Å². The van der Waals surface area contributed by atoms with E-state index in [4.69, 9.17) is 9.05 Å². The summed E-state index contributed by atoms with van der Waals surface area (Å²) in [5, 5.41) is 74.2. The lowest BCUT2D eigenvalue weighted by Gasteiger charge is -2.41. The van der Waals surface area contributed by atoms with Crippen molar-refractivity contribution in [3.8, 4) is 0 Å². The van der Waals surface area contributed by atoms with Gasteiger partial charge in [-0.15, -0.1) is 0 Å². The van der Waals surface area contributed by atoms with Crippen molar-refractivity contribution in [3.05, 3.63) is 12.2 Å². The molecule has 0 radical (unpaired) electrons. The Balaban J connectivity index is 2.55. The van der Waals surface area contributed by atoms with Gasteiger partial charge in [-0.3, -0.25) is 13.8 Å². The summed E-state index contributed by atoms with van der Waals surface area (Å²) in [5.74, 6) is -0.592. The summed E-state index contributed by atoms with van der Waals surface area (Å²) in [7, 11) is -5.13. The second kappa shape index (κ2) is 32.8. The summed E-state index contributed by atoms with van der Waals surface area (Å²) in [5.41, 5.74) is 0. The number of hydrogen-bond acceptors (Lipinski definition) is 11. The number of phosphoric acid groups is 1. The summed E-state index contributed by atoms with van der Waals surface area (Å²) in [6.45, 7) is 3.71. The van der Waals surface area contributed by atoms with Crippen molar-refractivity contribution in [2.24, 2.45) is 0 Å². The van der Waals surface area contributed by atoms with Crippen molar-refractivity contribution >= 4 is 13.7 Å². The van der Waals surface area contributed by atoms with Gasteiger partial charge in [0.05, 0.1) is 31.3 Å². The van der Waals surface area contributed by atoms with Gasteiger partial charge in [-0.2, -0.15) is 0 Å². The van der Waals surface area contributed by atoms with Crippen molar-refractivity contribution in [2.75, 3.05) is 6.61 Å². The van der Waals surface area contributed by atoms with Crippen molar-refractivity contribution in [3.63, 3.8) is 0 Å². The fraction of sp³-hybridized carbons (Fsp3) is 0.929. The molecule has 0 aromatic rings. The molecule has 8 atom stereocenters. The first-order valence-electron chi connectivity index (χ1n) is 22.2. The number of rotatable bonds is 36. The molecular formula is C42H82NO12P. The number of nitrogens with one attached hydrogen (secondary N) is 1. The molecule has 0 heterocycles. The average Bonchev–Trinajstić information content (AvgIpc) is 3.17. The number of carbonyl (C=O) groups excluding carboxylic acids is 1. The minimum Gasteiger partial charge on any atom is -0.393 e. The smallest absolute Gasteiger partial charge is 0.393 e. The summed E-state index contributed by atoms with van der Waals surface area (Å²) < 4.78 is 22.8. The van der Waals surface area contributed by atoms with Crippen molar-refractivity contribution in [1.29, 1.82) is 0 Å². The molecule has 1 fully saturated rings. The van der Waals surface area contributed by atoms with Crippen LogP contribution in [0.25, 0.3) is 0 Å².